The van der Waals surface area contributed by atoms with Gasteiger partial charge in [0, 0.05) is 25.0 Å². The van der Waals surface area contributed by atoms with Crippen LogP contribution in [0.15, 0.2) is 60.9 Å². The molecule has 3 rings (SSSR count). The molecule has 0 saturated heterocycles. The zero-order valence-corrected chi connectivity index (χ0v) is 13.5. The van der Waals surface area contributed by atoms with Crippen LogP contribution in [0.3, 0.4) is 0 Å². The predicted octanol–water partition coefficient (Wildman–Crippen LogP) is 3.39. The van der Waals surface area contributed by atoms with E-state index in [-0.39, 0.29) is 11.7 Å². The van der Waals surface area contributed by atoms with Crippen molar-refractivity contribution in [1.82, 2.24) is 14.9 Å². The van der Waals surface area contributed by atoms with Crippen LogP contribution in [0.1, 0.15) is 33.4 Å². The van der Waals surface area contributed by atoms with Crippen molar-refractivity contribution < 1.29 is 9.18 Å². The molecule has 0 spiro atoms. The van der Waals surface area contributed by atoms with Crippen molar-refractivity contribution >= 4 is 5.91 Å². The Hall–Kier alpha value is -2.95. The van der Waals surface area contributed by atoms with Gasteiger partial charge in [0.1, 0.15) is 17.7 Å². The molecule has 1 N–H and O–H groups in total. The molecule has 0 saturated carbocycles. The highest BCUT2D eigenvalue weighted by Gasteiger charge is 2.22. The van der Waals surface area contributed by atoms with Crippen molar-refractivity contribution in [1.29, 1.82) is 0 Å². The highest BCUT2D eigenvalue weighted by Crippen LogP contribution is 2.22. The van der Waals surface area contributed by atoms with E-state index in [1.165, 1.54) is 12.1 Å². The summed E-state index contributed by atoms with van der Waals surface area (Å²) in [6, 6.07) is 13.0. The Bertz CT molecular complexity index is 855. The fraction of sp³-hybridized carbons (Fsp3) is 0.158. The van der Waals surface area contributed by atoms with Gasteiger partial charge in [0.2, 0.25) is 0 Å². The molecule has 0 fully saturated rings. The summed E-state index contributed by atoms with van der Waals surface area (Å²) in [4.78, 5) is 17.0. The minimum atomic E-state index is -0.460. The van der Waals surface area contributed by atoms with Crippen LogP contribution in [-0.4, -0.2) is 15.5 Å². The van der Waals surface area contributed by atoms with Gasteiger partial charge in [-0.25, -0.2) is 9.37 Å². The van der Waals surface area contributed by atoms with Crippen LogP contribution in [0.25, 0.3) is 0 Å². The number of aromatic nitrogens is 2. The molecule has 0 bridgehead atoms. The number of aryl methyl sites for hydroxylation is 2. The number of nitrogens with zero attached hydrogens (tertiary/aromatic N) is 2. The second-order valence-corrected chi connectivity index (χ2v) is 5.67. The molecule has 122 valence electrons. The largest absolute Gasteiger partial charge is 0.338 e. The minimum absolute atomic E-state index is 0.189. The molecule has 1 unspecified atom stereocenters. The number of amides is 1. The molecule has 1 amide bonds. The highest BCUT2D eigenvalue weighted by molar-refractivity contribution is 5.96. The Kier molecular flexibility index (Phi) is 4.42. The Labute approximate surface area is 140 Å². The Morgan fingerprint density at radius 3 is 2.50 bits per heavy atom. The summed E-state index contributed by atoms with van der Waals surface area (Å²) in [7, 11) is 1.86. The number of carbonyl (C=O) groups excluding carboxylic acids is 1. The lowest BCUT2D eigenvalue weighted by Crippen LogP contribution is -2.31. The van der Waals surface area contributed by atoms with Crippen LogP contribution in [0.2, 0.25) is 0 Å². The van der Waals surface area contributed by atoms with E-state index >= 15 is 0 Å². The zero-order valence-electron chi connectivity index (χ0n) is 13.5. The van der Waals surface area contributed by atoms with Crippen LogP contribution in [0.5, 0.6) is 0 Å². The van der Waals surface area contributed by atoms with E-state index in [2.05, 4.69) is 10.3 Å². The van der Waals surface area contributed by atoms with Crippen molar-refractivity contribution in [2.75, 3.05) is 0 Å². The predicted molar refractivity (Wildman–Crippen MR) is 90.1 cm³/mol. The number of hydrogen-bond donors (Lipinski definition) is 1. The first kappa shape index (κ1) is 15.9. The fourth-order valence-electron chi connectivity index (χ4n) is 2.64. The average Bonchev–Trinajstić information content (AvgIpc) is 2.99. The van der Waals surface area contributed by atoms with E-state index in [1.54, 1.807) is 24.4 Å². The van der Waals surface area contributed by atoms with Gasteiger partial charge in [-0.2, -0.15) is 0 Å². The summed E-state index contributed by atoms with van der Waals surface area (Å²) in [5, 5.41) is 3.01. The summed E-state index contributed by atoms with van der Waals surface area (Å²) in [5.41, 5.74) is 2.28. The summed E-state index contributed by atoms with van der Waals surface area (Å²) in [6.07, 6.45) is 3.48. The molecule has 0 aliphatic heterocycles. The second-order valence-electron chi connectivity index (χ2n) is 5.67. The van der Waals surface area contributed by atoms with Crippen molar-refractivity contribution in [3.8, 4) is 0 Å². The average molecular weight is 323 g/mol. The molecular weight excluding hydrogens is 305 g/mol. The van der Waals surface area contributed by atoms with Gasteiger partial charge in [0.25, 0.3) is 5.91 Å². The topological polar surface area (TPSA) is 46.9 Å². The third-order valence-electron chi connectivity index (χ3n) is 3.99. The van der Waals surface area contributed by atoms with Gasteiger partial charge in [-0.05, 0) is 36.2 Å². The summed E-state index contributed by atoms with van der Waals surface area (Å²) in [5.74, 6) is 0.177. The lowest BCUT2D eigenvalue weighted by molar-refractivity contribution is 0.0940. The van der Waals surface area contributed by atoms with Gasteiger partial charge in [-0.3, -0.25) is 4.79 Å². The number of halogens is 1. The molecule has 1 heterocycles. The van der Waals surface area contributed by atoms with Crippen molar-refractivity contribution in [3.63, 3.8) is 0 Å². The lowest BCUT2D eigenvalue weighted by Gasteiger charge is -2.20. The Balaban J connectivity index is 1.97. The number of carbonyl (C=O) groups is 1. The number of benzene rings is 2. The quantitative estimate of drug-likeness (QED) is 0.800. The Morgan fingerprint density at radius 1 is 1.17 bits per heavy atom. The first-order chi connectivity index (χ1) is 11.6. The molecule has 2 aromatic carbocycles. The maximum atomic E-state index is 13.2. The van der Waals surface area contributed by atoms with E-state index in [0.29, 0.717) is 11.4 Å². The molecule has 3 aromatic rings. The summed E-state index contributed by atoms with van der Waals surface area (Å²) < 4.78 is 15.1. The monoisotopic (exact) mass is 323 g/mol. The summed E-state index contributed by atoms with van der Waals surface area (Å²) in [6.45, 7) is 1.89. The zero-order chi connectivity index (χ0) is 17.1. The molecule has 0 aliphatic carbocycles. The molecule has 5 heteroatoms. The van der Waals surface area contributed by atoms with Gasteiger partial charge >= 0.3 is 0 Å². The molecule has 0 radical (unpaired) electrons. The van der Waals surface area contributed by atoms with Crippen LogP contribution in [0, 0.1) is 12.7 Å². The summed E-state index contributed by atoms with van der Waals surface area (Å²) >= 11 is 0. The second kappa shape index (κ2) is 6.66. The molecule has 4 nitrogen and oxygen atoms in total. The van der Waals surface area contributed by atoms with Crippen molar-refractivity contribution in [2.24, 2.45) is 7.05 Å². The van der Waals surface area contributed by atoms with Crippen molar-refractivity contribution in [3.05, 3.63) is 89.3 Å². The normalized spacial score (nSPS) is 12.0. The standard InChI is InChI=1S/C19H18FN3O/c1-13-5-3-4-6-16(13)19(24)22-17(18-21-11-12-23(18)2)14-7-9-15(20)10-8-14/h3-12,17H,1-2H3,(H,22,24). The van der Waals surface area contributed by atoms with E-state index in [1.807, 2.05) is 42.9 Å². The van der Waals surface area contributed by atoms with E-state index in [9.17, 15) is 9.18 Å². The SMILES string of the molecule is Cc1ccccc1C(=O)NC(c1ccc(F)cc1)c1nccn1C. The molecule has 24 heavy (non-hydrogen) atoms. The van der Waals surface area contributed by atoms with Gasteiger partial charge in [-0.1, -0.05) is 30.3 Å². The van der Waals surface area contributed by atoms with Gasteiger partial charge in [0.15, 0.2) is 0 Å². The van der Waals surface area contributed by atoms with Gasteiger partial charge < -0.3 is 9.88 Å². The fourth-order valence-corrected chi connectivity index (χ4v) is 2.64. The number of imidazole rings is 1. The molecule has 1 atom stereocenters. The third-order valence-corrected chi connectivity index (χ3v) is 3.99. The van der Waals surface area contributed by atoms with Gasteiger partial charge in [0.05, 0.1) is 0 Å². The maximum Gasteiger partial charge on any atom is 0.252 e. The number of nitrogens with one attached hydrogen (secondary N) is 1. The molecule has 0 aliphatic rings. The number of hydrogen-bond acceptors (Lipinski definition) is 2. The Morgan fingerprint density at radius 2 is 1.88 bits per heavy atom. The van der Waals surface area contributed by atoms with E-state index < -0.39 is 6.04 Å². The van der Waals surface area contributed by atoms with E-state index in [4.69, 9.17) is 0 Å². The lowest BCUT2D eigenvalue weighted by atomic mass is 10.0. The third kappa shape index (κ3) is 3.20. The first-order valence-electron chi connectivity index (χ1n) is 7.65. The van der Waals surface area contributed by atoms with E-state index in [0.717, 1.165) is 11.1 Å². The van der Waals surface area contributed by atoms with Gasteiger partial charge in [-0.15, -0.1) is 0 Å². The smallest absolute Gasteiger partial charge is 0.252 e. The van der Waals surface area contributed by atoms with Crippen LogP contribution in [-0.2, 0) is 7.05 Å². The van der Waals surface area contributed by atoms with Crippen LogP contribution in [0.4, 0.5) is 4.39 Å². The van der Waals surface area contributed by atoms with Crippen LogP contribution < -0.4 is 5.32 Å². The number of rotatable bonds is 4. The minimum Gasteiger partial charge on any atom is -0.338 e. The molecular formula is C19H18FN3O. The first-order valence-corrected chi connectivity index (χ1v) is 7.65. The van der Waals surface area contributed by atoms with Crippen LogP contribution >= 0.6 is 0 Å². The van der Waals surface area contributed by atoms with Crippen molar-refractivity contribution in [2.45, 2.75) is 13.0 Å². The maximum absolute atomic E-state index is 13.2. The molecule has 1 aromatic heterocycles. The highest BCUT2D eigenvalue weighted by atomic mass is 19.1.